The van der Waals surface area contributed by atoms with Crippen LogP contribution in [-0.2, 0) is 4.79 Å². The van der Waals surface area contributed by atoms with Crippen molar-refractivity contribution < 1.29 is 14.6 Å². The Morgan fingerprint density at radius 2 is 1.65 bits per heavy atom. The van der Waals surface area contributed by atoms with Crippen molar-refractivity contribution in [1.29, 1.82) is 0 Å². The molecule has 0 aliphatic heterocycles. The first-order chi connectivity index (χ1) is 9.06. The van der Waals surface area contributed by atoms with E-state index >= 15 is 0 Å². The molecule has 0 aromatic heterocycles. The normalized spacial score (nSPS) is 11.2. The highest BCUT2D eigenvalue weighted by Gasteiger charge is 2.21. The Balaban J connectivity index is 0.00000200. The molecule has 0 saturated heterocycles. The topological polar surface area (TPSA) is 72.5 Å². The number of carboxylic acids is 1. The van der Waals surface area contributed by atoms with Crippen LogP contribution < -0.4 is 10.5 Å². The van der Waals surface area contributed by atoms with Gasteiger partial charge in [-0.2, -0.15) is 0 Å². The average Bonchev–Trinajstić information content (AvgIpc) is 2.39. The molecule has 4 nitrogen and oxygen atoms in total. The molecule has 0 aliphatic carbocycles. The molecule has 2 aromatic rings. The monoisotopic (exact) mass is 313 g/mol. The van der Waals surface area contributed by atoms with Gasteiger partial charge in [-0.1, -0.05) is 23.7 Å². The van der Waals surface area contributed by atoms with Crippen LogP contribution in [0.5, 0.6) is 5.75 Å². The summed E-state index contributed by atoms with van der Waals surface area (Å²) in [5.41, 5.74) is 6.67. The van der Waals surface area contributed by atoms with E-state index in [4.69, 9.17) is 22.1 Å². The van der Waals surface area contributed by atoms with Crippen LogP contribution in [0.4, 0.5) is 5.69 Å². The van der Waals surface area contributed by atoms with E-state index in [0.29, 0.717) is 22.0 Å². The van der Waals surface area contributed by atoms with Gasteiger partial charge < -0.3 is 15.6 Å². The molecule has 0 radical (unpaired) electrons. The molecule has 2 aromatic carbocycles. The van der Waals surface area contributed by atoms with Gasteiger partial charge in [0.05, 0.1) is 0 Å². The molecule has 2 rings (SSSR count). The van der Waals surface area contributed by atoms with Gasteiger partial charge in [0.15, 0.2) is 0 Å². The first-order valence-corrected chi connectivity index (χ1v) is 5.94. The van der Waals surface area contributed by atoms with Crippen LogP contribution in [0.25, 0.3) is 0 Å². The molecule has 20 heavy (non-hydrogen) atoms. The number of rotatable bonds is 4. The highest BCUT2D eigenvalue weighted by Crippen LogP contribution is 2.24. The number of hydrogen-bond donors (Lipinski definition) is 2. The number of nitrogen functional groups attached to an aromatic ring is 1. The summed E-state index contributed by atoms with van der Waals surface area (Å²) >= 11 is 5.77. The van der Waals surface area contributed by atoms with Crippen molar-refractivity contribution in [2.24, 2.45) is 0 Å². The number of aliphatic carboxylic acids is 1. The Bertz CT molecular complexity index is 570. The number of ether oxygens (including phenoxy) is 1. The average molecular weight is 314 g/mol. The lowest BCUT2D eigenvalue weighted by molar-refractivity contribution is -0.145. The Kier molecular flexibility index (Phi) is 5.67. The van der Waals surface area contributed by atoms with E-state index in [9.17, 15) is 9.90 Å². The van der Waals surface area contributed by atoms with E-state index in [1.165, 1.54) is 0 Å². The first kappa shape index (κ1) is 16.1. The molecule has 1 unspecified atom stereocenters. The van der Waals surface area contributed by atoms with Crippen LogP contribution >= 0.6 is 24.0 Å². The third-order valence-electron chi connectivity index (χ3n) is 2.53. The van der Waals surface area contributed by atoms with E-state index in [1.807, 2.05) is 0 Å². The summed E-state index contributed by atoms with van der Waals surface area (Å²) in [6.07, 6.45) is -1.08. The van der Waals surface area contributed by atoms with Crippen molar-refractivity contribution in [3.8, 4) is 5.75 Å². The van der Waals surface area contributed by atoms with Crippen molar-refractivity contribution in [3.05, 3.63) is 59.1 Å². The van der Waals surface area contributed by atoms with E-state index in [1.54, 1.807) is 48.5 Å². The molecular weight excluding hydrogens is 301 g/mol. The second-order valence-corrected chi connectivity index (χ2v) is 4.39. The largest absolute Gasteiger partial charge is 0.478 e. The molecule has 0 saturated carbocycles. The Morgan fingerprint density at radius 3 is 2.15 bits per heavy atom. The van der Waals surface area contributed by atoms with Crippen molar-refractivity contribution >= 4 is 35.7 Å². The van der Waals surface area contributed by atoms with Crippen LogP contribution in [-0.4, -0.2) is 11.1 Å². The SMILES string of the molecule is Cl.Nc1ccc(OC(C(=O)O)c2ccc(Cl)cc2)cc1. The summed E-state index contributed by atoms with van der Waals surface area (Å²) in [6.45, 7) is 0. The molecule has 0 heterocycles. The van der Waals surface area contributed by atoms with Gasteiger partial charge in [0.1, 0.15) is 5.75 Å². The summed E-state index contributed by atoms with van der Waals surface area (Å²) in [6, 6.07) is 13.0. The highest BCUT2D eigenvalue weighted by atomic mass is 35.5. The van der Waals surface area contributed by atoms with Crippen LogP contribution in [0.2, 0.25) is 5.02 Å². The molecule has 0 aliphatic rings. The number of anilines is 1. The zero-order chi connectivity index (χ0) is 13.8. The van der Waals surface area contributed by atoms with Crippen molar-refractivity contribution in [2.45, 2.75) is 6.10 Å². The lowest BCUT2D eigenvalue weighted by atomic mass is 10.1. The number of halogens is 2. The number of benzene rings is 2. The van der Waals surface area contributed by atoms with Gasteiger partial charge in [-0.25, -0.2) is 4.79 Å². The summed E-state index contributed by atoms with van der Waals surface area (Å²) in [5, 5.41) is 9.77. The van der Waals surface area contributed by atoms with Gasteiger partial charge >= 0.3 is 5.97 Å². The Labute approximate surface area is 127 Å². The fourth-order valence-electron chi connectivity index (χ4n) is 1.58. The summed E-state index contributed by atoms with van der Waals surface area (Å²) in [4.78, 5) is 11.3. The number of carbonyl (C=O) groups is 1. The Hall–Kier alpha value is -1.91. The minimum Gasteiger partial charge on any atom is -0.478 e. The highest BCUT2D eigenvalue weighted by molar-refractivity contribution is 6.30. The van der Waals surface area contributed by atoms with Gasteiger partial charge in [-0.15, -0.1) is 12.4 Å². The first-order valence-electron chi connectivity index (χ1n) is 5.57. The van der Waals surface area contributed by atoms with Crippen molar-refractivity contribution in [2.75, 3.05) is 5.73 Å². The van der Waals surface area contributed by atoms with Gasteiger partial charge in [-0.05, 0) is 36.4 Å². The van der Waals surface area contributed by atoms with Crippen molar-refractivity contribution in [3.63, 3.8) is 0 Å². The fraction of sp³-hybridized carbons (Fsp3) is 0.0714. The quantitative estimate of drug-likeness (QED) is 0.847. The number of nitrogens with two attached hydrogens (primary N) is 1. The smallest absolute Gasteiger partial charge is 0.349 e. The van der Waals surface area contributed by atoms with Crippen LogP contribution in [0.1, 0.15) is 11.7 Å². The summed E-state index contributed by atoms with van der Waals surface area (Å²) in [5.74, 6) is -0.629. The standard InChI is InChI=1S/C14H12ClNO3.ClH/c15-10-3-1-9(2-4-10)13(14(17)18)19-12-7-5-11(16)6-8-12;/h1-8,13H,16H2,(H,17,18);1H. The molecule has 3 N–H and O–H groups in total. The second-order valence-electron chi connectivity index (χ2n) is 3.96. The molecular formula is C14H13Cl2NO3. The maximum absolute atomic E-state index is 11.3. The molecule has 106 valence electrons. The van der Waals surface area contributed by atoms with Crippen LogP contribution in [0, 0.1) is 0 Å². The maximum atomic E-state index is 11.3. The van der Waals surface area contributed by atoms with E-state index in [0.717, 1.165) is 0 Å². The fourth-order valence-corrected chi connectivity index (χ4v) is 1.71. The van der Waals surface area contributed by atoms with Gasteiger partial charge in [0.2, 0.25) is 6.10 Å². The van der Waals surface area contributed by atoms with Crippen LogP contribution in [0.3, 0.4) is 0 Å². The zero-order valence-electron chi connectivity index (χ0n) is 10.3. The predicted molar refractivity (Wildman–Crippen MR) is 80.6 cm³/mol. The zero-order valence-corrected chi connectivity index (χ0v) is 11.9. The van der Waals surface area contributed by atoms with Gasteiger partial charge in [0, 0.05) is 16.3 Å². The lowest BCUT2D eigenvalue weighted by Gasteiger charge is -2.15. The predicted octanol–water partition coefficient (Wildman–Crippen LogP) is 3.55. The van der Waals surface area contributed by atoms with E-state index in [2.05, 4.69) is 0 Å². The van der Waals surface area contributed by atoms with E-state index < -0.39 is 12.1 Å². The van der Waals surface area contributed by atoms with E-state index in [-0.39, 0.29) is 12.4 Å². The molecule has 6 heteroatoms. The summed E-state index contributed by atoms with van der Waals surface area (Å²) in [7, 11) is 0. The molecule has 1 atom stereocenters. The minimum atomic E-state index is -1.08. The minimum absolute atomic E-state index is 0. The van der Waals surface area contributed by atoms with Crippen molar-refractivity contribution in [1.82, 2.24) is 0 Å². The Morgan fingerprint density at radius 1 is 1.10 bits per heavy atom. The molecule has 0 amide bonds. The third-order valence-corrected chi connectivity index (χ3v) is 2.78. The number of carboxylic acid groups (broad SMARTS) is 1. The molecule has 0 bridgehead atoms. The maximum Gasteiger partial charge on any atom is 0.349 e. The molecule has 0 spiro atoms. The molecule has 0 fully saturated rings. The third kappa shape index (κ3) is 4.05. The van der Waals surface area contributed by atoms with Crippen LogP contribution in [0.15, 0.2) is 48.5 Å². The van der Waals surface area contributed by atoms with Gasteiger partial charge in [0.25, 0.3) is 0 Å². The van der Waals surface area contributed by atoms with Gasteiger partial charge in [-0.3, -0.25) is 0 Å². The lowest BCUT2D eigenvalue weighted by Crippen LogP contribution is -2.18. The number of hydrogen-bond acceptors (Lipinski definition) is 3. The summed E-state index contributed by atoms with van der Waals surface area (Å²) < 4.78 is 5.46. The second kappa shape index (κ2) is 7.03.